The lowest BCUT2D eigenvalue weighted by Crippen LogP contribution is -2.44. The van der Waals surface area contributed by atoms with E-state index in [2.05, 4.69) is 38.5 Å². The van der Waals surface area contributed by atoms with E-state index in [-0.39, 0.29) is 0 Å². The van der Waals surface area contributed by atoms with E-state index in [4.69, 9.17) is 4.74 Å². The van der Waals surface area contributed by atoms with Crippen molar-refractivity contribution in [2.24, 2.45) is 0 Å². The van der Waals surface area contributed by atoms with Gasteiger partial charge in [-0.2, -0.15) is 0 Å². The molecule has 0 N–H and O–H groups in total. The summed E-state index contributed by atoms with van der Waals surface area (Å²) in [6.45, 7) is 8.04. The summed E-state index contributed by atoms with van der Waals surface area (Å²) in [5, 5.41) is 0. The largest absolute Gasteiger partial charge is 0.373 e. The fraction of sp³-hybridized carbons (Fsp3) is 0.909. The van der Waals surface area contributed by atoms with Gasteiger partial charge >= 0.3 is 0 Å². The zero-order valence-corrected chi connectivity index (χ0v) is 10.9. The molecule has 0 bridgehead atoms. The Balaban J connectivity index is 2.34. The van der Waals surface area contributed by atoms with Crippen molar-refractivity contribution in [2.75, 3.05) is 39.6 Å². The predicted molar refractivity (Wildman–Crippen MR) is 67.2 cm³/mol. The summed E-state index contributed by atoms with van der Waals surface area (Å²) >= 11 is 0. The Morgan fingerprint density at radius 1 is 1.43 bits per heavy atom. The molecule has 14 heavy (non-hydrogen) atoms. The highest BCUT2D eigenvalue weighted by molar-refractivity contribution is 7.72. The molecule has 0 aromatic heterocycles. The molecule has 2 unspecified atom stereocenters. The van der Waals surface area contributed by atoms with E-state index in [1.165, 1.54) is 12.6 Å². The summed E-state index contributed by atoms with van der Waals surface area (Å²) in [4.78, 5) is 2.37. The lowest BCUT2D eigenvalue weighted by Gasteiger charge is -2.35. The smallest absolute Gasteiger partial charge is 0.0709 e. The minimum Gasteiger partial charge on any atom is -0.373 e. The van der Waals surface area contributed by atoms with Gasteiger partial charge in [-0.3, -0.25) is 0 Å². The van der Waals surface area contributed by atoms with Gasteiger partial charge in [-0.15, -0.1) is 13.2 Å². The van der Waals surface area contributed by atoms with Crippen molar-refractivity contribution in [3.63, 3.8) is 0 Å². The lowest BCUT2D eigenvalue weighted by atomic mass is 10.2. The Bertz CT molecular complexity index is 213. The molecule has 2 atom stereocenters. The fourth-order valence-corrected chi connectivity index (χ4v) is 2.92. The first-order valence-corrected chi connectivity index (χ1v) is 8.43. The number of hydrogen-bond donors (Lipinski definition) is 0. The third-order valence-electron chi connectivity index (χ3n) is 2.57. The molecule has 0 aromatic rings. The first kappa shape index (κ1) is 12.3. The third kappa shape index (κ3) is 4.63. The van der Waals surface area contributed by atoms with Crippen LogP contribution in [0.5, 0.6) is 0 Å². The van der Waals surface area contributed by atoms with Gasteiger partial charge in [-0.05, 0) is 39.9 Å². The number of ether oxygens (including phenoxy) is 1. The predicted octanol–water partition coefficient (Wildman–Crippen LogP) is 1.80. The van der Waals surface area contributed by atoms with Crippen LogP contribution in [0.1, 0.15) is 13.3 Å². The van der Waals surface area contributed by atoms with E-state index in [0.717, 1.165) is 13.1 Å². The van der Waals surface area contributed by atoms with Crippen molar-refractivity contribution < 1.29 is 4.74 Å². The first-order valence-electron chi connectivity index (χ1n) is 5.38. The molecular formula is C11H24NOP. The van der Waals surface area contributed by atoms with Crippen molar-refractivity contribution in [2.45, 2.75) is 25.6 Å². The van der Waals surface area contributed by atoms with E-state index in [1.807, 2.05) is 0 Å². The molecule has 1 fully saturated rings. The molecule has 0 saturated carbocycles. The van der Waals surface area contributed by atoms with Crippen LogP contribution in [0.4, 0.5) is 0 Å². The Morgan fingerprint density at radius 3 is 2.57 bits per heavy atom. The third-order valence-corrected chi connectivity index (χ3v) is 4.03. The van der Waals surface area contributed by atoms with Gasteiger partial charge in [-0.1, -0.05) is 0 Å². The van der Waals surface area contributed by atoms with E-state index < -0.39 is 6.89 Å². The van der Waals surface area contributed by atoms with Crippen molar-refractivity contribution in [1.29, 1.82) is 0 Å². The molecule has 3 heteroatoms. The van der Waals surface area contributed by atoms with Crippen LogP contribution in [0.3, 0.4) is 0 Å². The molecule has 0 radical (unpaired) electrons. The standard InChI is InChI=1S/C11H24NOP/c1-10-8-12(2)9-11(13-10)6-7-14(3,4)5/h10-11H,3,6-9H2,1-2,4-5H3. The number of morpholine rings is 1. The van der Waals surface area contributed by atoms with Gasteiger partial charge in [0.05, 0.1) is 12.2 Å². The molecule has 1 saturated heterocycles. The molecule has 0 aliphatic carbocycles. The molecule has 0 amide bonds. The SMILES string of the molecule is C=P(C)(C)CCC1CN(C)CC(C)O1. The molecule has 1 heterocycles. The van der Waals surface area contributed by atoms with E-state index in [9.17, 15) is 0 Å². The normalized spacial score (nSPS) is 30.6. The summed E-state index contributed by atoms with van der Waals surface area (Å²) in [7, 11) is 2.18. The van der Waals surface area contributed by atoms with Gasteiger partial charge in [0.25, 0.3) is 0 Å². The zero-order valence-electron chi connectivity index (χ0n) is 9.99. The minimum atomic E-state index is -0.870. The van der Waals surface area contributed by atoms with Crippen molar-refractivity contribution in [3.05, 3.63) is 0 Å². The monoisotopic (exact) mass is 217 g/mol. The number of rotatable bonds is 3. The fourth-order valence-electron chi connectivity index (χ4n) is 1.93. The zero-order chi connectivity index (χ0) is 10.8. The van der Waals surface area contributed by atoms with Crippen LogP contribution in [-0.4, -0.2) is 63.0 Å². The molecule has 2 nitrogen and oxygen atoms in total. The average molecular weight is 217 g/mol. The lowest BCUT2D eigenvalue weighted by molar-refractivity contribution is -0.0699. The van der Waals surface area contributed by atoms with Gasteiger partial charge in [0.15, 0.2) is 0 Å². The van der Waals surface area contributed by atoms with Crippen LogP contribution in [-0.2, 0) is 4.74 Å². The molecule has 1 aliphatic heterocycles. The highest BCUT2D eigenvalue weighted by Gasteiger charge is 2.22. The quantitative estimate of drug-likeness (QED) is 0.668. The minimum absolute atomic E-state index is 0.394. The molecule has 0 spiro atoms. The Labute approximate surface area is 88.6 Å². The van der Waals surface area contributed by atoms with Gasteiger partial charge in [0.2, 0.25) is 0 Å². The van der Waals surface area contributed by atoms with Crippen LogP contribution in [0, 0.1) is 0 Å². The van der Waals surface area contributed by atoms with Crippen molar-refractivity contribution >= 4 is 13.2 Å². The molecule has 1 rings (SSSR count). The second-order valence-corrected chi connectivity index (χ2v) is 9.56. The highest BCUT2D eigenvalue weighted by Crippen LogP contribution is 2.36. The first-order chi connectivity index (χ1) is 6.37. The van der Waals surface area contributed by atoms with Crippen LogP contribution < -0.4 is 0 Å². The maximum absolute atomic E-state index is 5.90. The molecule has 84 valence electrons. The summed E-state index contributed by atoms with van der Waals surface area (Å²) in [5.74, 6) is 0. The van der Waals surface area contributed by atoms with Crippen LogP contribution >= 0.6 is 6.89 Å². The summed E-state index contributed by atoms with van der Waals surface area (Å²) in [5.41, 5.74) is 0. The van der Waals surface area contributed by atoms with Crippen LogP contribution in [0.2, 0.25) is 0 Å². The Morgan fingerprint density at radius 2 is 2.07 bits per heavy atom. The summed E-state index contributed by atoms with van der Waals surface area (Å²) in [6, 6.07) is 0. The van der Waals surface area contributed by atoms with Gasteiger partial charge < -0.3 is 9.64 Å². The van der Waals surface area contributed by atoms with Gasteiger partial charge in [-0.25, -0.2) is 0 Å². The van der Waals surface area contributed by atoms with Gasteiger partial charge in [0.1, 0.15) is 0 Å². The van der Waals surface area contributed by atoms with E-state index >= 15 is 0 Å². The topological polar surface area (TPSA) is 12.5 Å². The Kier molecular flexibility index (Phi) is 4.24. The van der Waals surface area contributed by atoms with E-state index in [1.54, 1.807) is 0 Å². The molecule has 0 aromatic carbocycles. The molecular weight excluding hydrogens is 193 g/mol. The average Bonchev–Trinajstić information content (AvgIpc) is 1.97. The second kappa shape index (κ2) is 4.83. The highest BCUT2D eigenvalue weighted by atomic mass is 31.2. The van der Waals surface area contributed by atoms with Crippen molar-refractivity contribution in [1.82, 2.24) is 4.90 Å². The van der Waals surface area contributed by atoms with Crippen molar-refractivity contribution in [3.8, 4) is 0 Å². The van der Waals surface area contributed by atoms with Crippen LogP contribution in [0.15, 0.2) is 0 Å². The maximum atomic E-state index is 5.90. The number of nitrogens with zero attached hydrogens (tertiary/aromatic N) is 1. The van der Waals surface area contributed by atoms with Gasteiger partial charge in [0, 0.05) is 13.1 Å². The summed E-state index contributed by atoms with van der Waals surface area (Å²) < 4.78 is 5.90. The van der Waals surface area contributed by atoms with E-state index in [0.29, 0.717) is 12.2 Å². The Hall–Kier alpha value is 0.220. The number of hydrogen-bond acceptors (Lipinski definition) is 2. The number of likely N-dealkylation sites (N-methyl/N-ethyl adjacent to an activating group) is 1. The second-order valence-electron chi connectivity index (χ2n) is 5.24. The molecule has 1 aliphatic rings. The van der Waals surface area contributed by atoms with Crippen LogP contribution in [0.25, 0.3) is 0 Å². The summed E-state index contributed by atoms with van der Waals surface area (Å²) in [6.07, 6.45) is 7.49. The maximum Gasteiger partial charge on any atom is 0.0709 e.